The van der Waals surface area contributed by atoms with Crippen LogP contribution >= 0.6 is 0 Å². The second-order valence-electron chi connectivity index (χ2n) is 6.89. The Bertz CT molecular complexity index is 679. The average Bonchev–Trinajstić information content (AvgIpc) is 2.63. The molecule has 0 saturated carbocycles. The number of nitrogens with one attached hydrogen (secondary N) is 2. The molecule has 0 bridgehead atoms. The van der Waals surface area contributed by atoms with Crippen molar-refractivity contribution < 1.29 is 14.3 Å². The van der Waals surface area contributed by atoms with E-state index < -0.39 is 0 Å². The second-order valence-corrected chi connectivity index (χ2v) is 6.89. The highest BCUT2D eigenvalue weighted by atomic mass is 16.5. The lowest BCUT2D eigenvalue weighted by molar-refractivity contribution is -0.139. The zero-order chi connectivity index (χ0) is 18.5. The van der Waals surface area contributed by atoms with Crippen molar-refractivity contribution in [1.82, 2.24) is 15.5 Å². The van der Waals surface area contributed by atoms with Gasteiger partial charge in [0.2, 0.25) is 0 Å². The van der Waals surface area contributed by atoms with E-state index in [2.05, 4.69) is 39.8 Å². The van der Waals surface area contributed by atoms with Crippen LogP contribution in [0.25, 0.3) is 0 Å². The molecule has 2 aliphatic heterocycles. The van der Waals surface area contributed by atoms with Gasteiger partial charge < -0.3 is 15.4 Å². The average molecular weight is 357 g/mol. The van der Waals surface area contributed by atoms with E-state index in [0.29, 0.717) is 30.3 Å². The number of rotatable bonds is 5. The Kier molecular flexibility index (Phi) is 5.93. The minimum atomic E-state index is -0.360. The monoisotopic (exact) mass is 357 g/mol. The Hall–Kier alpha value is -2.34. The number of nitrogens with zero attached hydrogens (tertiary/aromatic N) is 1. The number of urea groups is 1. The maximum absolute atomic E-state index is 12.3. The van der Waals surface area contributed by atoms with Gasteiger partial charge in [-0.15, -0.1) is 0 Å². The largest absolute Gasteiger partial charge is 0.463 e. The van der Waals surface area contributed by atoms with Crippen LogP contribution in [-0.2, 0) is 9.53 Å². The molecule has 1 aromatic rings. The summed E-state index contributed by atoms with van der Waals surface area (Å²) < 4.78 is 5.17. The molecule has 1 unspecified atom stereocenters. The predicted molar refractivity (Wildman–Crippen MR) is 99.6 cm³/mol. The summed E-state index contributed by atoms with van der Waals surface area (Å²) in [5.74, 6) is 0.217. The number of carbonyl (C=O) groups is 2. The van der Waals surface area contributed by atoms with E-state index in [4.69, 9.17) is 4.74 Å². The molecule has 6 heteroatoms. The fraction of sp³-hybridized carbons (Fsp3) is 0.500. The molecule has 2 N–H and O–H groups in total. The number of hydrogen-bond donors (Lipinski definition) is 2. The smallest absolute Gasteiger partial charge is 0.337 e. The first kappa shape index (κ1) is 18.5. The van der Waals surface area contributed by atoms with Gasteiger partial charge in [0.25, 0.3) is 0 Å². The van der Waals surface area contributed by atoms with Crippen molar-refractivity contribution in [3.8, 4) is 0 Å². The van der Waals surface area contributed by atoms with Gasteiger partial charge in [0, 0.05) is 12.2 Å². The second kappa shape index (κ2) is 8.36. The zero-order valence-electron chi connectivity index (χ0n) is 15.5. The van der Waals surface area contributed by atoms with Gasteiger partial charge in [0.15, 0.2) is 0 Å². The quantitative estimate of drug-likeness (QED) is 0.794. The van der Waals surface area contributed by atoms with E-state index in [1.54, 1.807) is 6.92 Å². The van der Waals surface area contributed by atoms with Crippen molar-refractivity contribution in [2.24, 2.45) is 0 Å². The van der Waals surface area contributed by atoms with Crippen LogP contribution in [0.15, 0.2) is 41.6 Å². The van der Waals surface area contributed by atoms with Gasteiger partial charge in [0.1, 0.15) is 0 Å². The Morgan fingerprint density at radius 1 is 1.23 bits per heavy atom. The number of benzene rings is 1. The predicted octanol–water partition coefficient (Wildman–Crippen LogP) is 2.38. The van der Waals surface area contributed by atoms with E-state index >= 15 is 0 Å². The summed E-state index contributed by atoms with van der Waals surface area (Å²) >= 11 is 0. The highest BCUT2D eigenvalue weighted by Gasteiger charge is 2.31. The highest BCUT2D eigenvalue weighted by molar-refractivity contribution is 5.94. The van der Waals surface area contributed by atoms with Gasteiger partial charge >= 0.3 is 12.0 Å². The van der Waals surface area contributed by atoms with Gasteiger partial charge in [-0.3, -0.25) is 4.90 Å². The summed E-state index contributed by atoms with van der Waals surface area (Å²) in [5, 5.41) is 5.55. The Balaban J connectivity index is 1.67. The Labute approximate surface area is 154 Å². The minimum Gasteiger partial charge on any atom is -0.463 e. The fourth-order valence-electron chi connectivity index (χ4n) is 3.78. The van der Waals surface area contributed by atoms with Crippen LogP contribution in [-0.4, -0.2) is 49.2 Å². The summed E-state index contributed by atoms with van der Waals surface area (Å²) in [7, 11) is 0. The van der Waals surface area contributed by atoms with Gasteiger partial charge in [-0.05, 0) is 51.3 Å². The molecular formula is C20H27N3O3. The Morgan fingerprint density at radius 2 is 1.92 bits per heavy atom. The third-order valence-electron chi connectivity index (χ3n) is 5.11. The third-order valence-corrected chi connectivity index (χ3v) is 5.11. The van der Waals surface area contributed by atoms with Crippen molar-refractivity contribution >= 4 is 12.0 Å². The standard InChI is InChI=1S/C20H27N3O3/c1-3-26-19(24)18-14(2)21-20(25)22-17(18)13-23-11-9-16(10-12-23)15-7-5-4-6-8-15/h4-8,14,16H,3,9-13H2,1-2H3,(H2,21,22,25). The lowest BCUT2D eigenvalue weighted by Crippen LogP contribution is -2.51. The first-order valence-electron chi connectivity index (χ1n) is 9.33. The van der Waals surface area contributed by atoms with Crippen LogP contribution in [0.4, 0.5) is 4.79 Å². The third kappa shape index (κ3) is 4.25. The van der Waals surface area contributed by atoms with Crippen molar-refractivity contribution in [1.29, 1.82) is 0 Å². The van der Waals surface area contributed by atoms with E-state index in [-0.39, 0.29) is 18.0 Å². The number of ether oxygens (including phenoxy) is 1. The number of esters is 1. The van der Waals surface area contributed by atoms with Crippen molar-refractivity contribution in [2.75, 3.05) is 26.2 Å². The molecule has 2 aliphatic rings. The first-order chi connectivity index (χ1) is 12.6. The molecular weight excluding hydrogens is 330 g/mol. The maximum atomic E-state index is 12.3. The topological polar surface area (TPSA) is 70.7 Å². The van der Waals surface area contributed by atoms with Gasteiger partial charge in [0.05, 0.1) is 18.2 Å². The highest BCUT2D eigenvalue weighted by Crippen LogP contribution is 2.28. The van der Waals surface area contributed by atoms with Crippen molar-refractivity contribution in [3.63, 3.8) is 0 Å². The number of carbonyl (C=O) groups excluding carboxylic acids is 2. The van der Waals surface area contributed by atoms with Crippen LogP contribution in [0.3, 0.4) is 0 Å². The molecule has 1 saturated heterocycles. The molecule has 26 heavy (non-hydrogen) atoms. The van der Waals surface area contributed by atoms with Crippen LogP contribution < -0.4 is 10.6 Å². The van der Waals surface area contributed by atoms with Crippen LogP contribution in [0.5, 0.6) is 0 Å². The molecule has 2 amide bonds. The minimum absolute atomic E-state index is 0.264. The number of piperidine rings is 1. The van der Waals surface area contributed by atoms with Gasteiger partial charge in [-0.2, -0.15) is 0 Å². The van der Waals surface area contributed by atoms with Crippen LogP contribution in [0.1, 0.15) is 38.2 Å². The maximum Gasteiger partial charge on any atom is 0.337 e. The molecule has 0 radical (unpaired) electrons. The lowest BCUT2D eigenvalue weighted by Gasteiger charge is -2.35. The van der Waals surface area contributed by atoms with Crippen molar-refractivity contribution in [3.05, 3.63) is 47.2 Å². The SMILES string of the molecule is CCOC(=O)C1=C(CN2CCC(c3ccccc3)CC2)NC(=O)NC1C. The van der Waals surface area contributed by atoms with Crippen LogP contribution in [0.2, 0.25) is 0 Å². The normalized spacial score (nSPS) is 21.9. The molecule has 6 nitrogen and oxygen atoms in total. The summed E-state index contributed by atoms with van der Waals surface area (Å²) in [6, 6.07) is 9.99. The Morgan fingerprint density at radius 3 is 2.58 bits per heavy atom. The van der Waals surface area contributed by atoms with Gasteiger partial charge in [-0.1, -0.05) is 30.3 Å². The summed E-state index contributed by atoms with van der Waals surface area (Å²) in [5.41, 5.74) is 2.58. The van der Waals surface area contributed by atoms with E-state index in [0.717, 1.165) is 25.9 Å². The lowest BCUT2D eigenvalue weighted by atomic mass is 9.89. The summed E-state index contributed by atoms with van der Waals surface area (Å²) in [6.45, 7) is 6.36. The van der Waals surface area contributed by atoms with Gasteiger partial charge in [-0.25, -0.2) is 9.59 Å². The molecule has 0 aliphatic carbocycles. The van der Waals surface area contributed by atoms with E-state index in [1.165, 1.54) is 5.56 Å². The molecule has 1 aromatic carbocycles. The molecule has 2 heterocycles. The fourth-order valence-corrected chi connectivity index (χ4v) is 3.78. The van der Waals surface area contributed by atoms with Crippen molar-refractivity contribution in [2.45, 2.75) is 38.6 Å². The molecule has 3 rings (SSSR count). The summed E-state index contributed by atoms with van der Waals surface area (Å²) in [4.78, 5) is 26.5. The van der Waals surface area contributed by atoms with E-state index in [1.807, 2.05) is 13.0 Å². The molecule has 1 fully saturated rings. The molecule has 0 aromatic heterocycles. The number of amides is 2. The first-order valence-corrected chi connectivity index (χ1v) is 9.33. The molecule has 0 spiro atoms. The number of hydrogen-bond acceptors (Lipinski definition) is 4. The number of likely N-dealkylation sites (tertiary alicyclic amines) is 1. The molecule has 1 atom stereocenters. The summed E-state index contributed by atoms with van der Waals surface area (Å²) in [6.07, 6.45) is 2.15. The van der Waals surface area contributed by atoms with Crippen LogP contribution in [0, 0.1) is 0 Å². The molecule has 140 valence electrons. The van der Waals surface area contributed by atoms with E-state index in [9.17, 15) is 9.59 Å². The zero-order valence-corrected chi connectivity index (χ0v) is 15.5.